The van der Waals surface area contributed by atoms with Gasteiger partial charge in [-0.1, -0.05) is 24.3 Å². The molecule has 0 aliphatic heterocycles. The van der Waals surface area contributed by atoms with Crippen molar-refractivity contribution in [2.75, 3.05) is 5.32 Å². The number of hydrogen-bond acceptors (Lipinski definition) is 5. The Morgan fingerprint density at radius 2 is 1.65 bits per heavy atom. The number of benzene rings is 2. The summed E-state index contributed by atoms with van der Waals surface area (Å²) in [5, 5.41) is 3.20. The van der Waals surface area contributed by atoms with Crippen LogP contribution in [0.4, 0.5) is 11.6 Å². The number of hydrogen-bond donors (Lipinski definition) is 1. The molecular weight excluding hydrogens is 403 g/mol. The van der Waals surface area contributed by atoms with Crippen LogP contribution in [-0.4, -0.2) is 15.0 Å². The summed E-state index contributed by atoms with van der Waals surface area (Å²) in [6.07, 6.45) is 3.41. The Balaban J connectivity index is 1.61. The van der Waals surface area contributed by atoms with Gasteiger partial charge in [-0.25, -0.2) is 15.0 Å². The average molecular weight is 414 g/mol. The van der Waals surface area contributed by atoms with Crippen LogP contribution in [0.15, 0.2) is 65.3 Å². The number of rotatable bonds is 3. The predicted molar refractivity (Wildman–Crippen MR) is 97.5 cm³/mol. The highest BCUT2D eigenvalue weighted by molar-refractivity contribution is 14.1. The van der Waals surface area contributed by atoms with Crippen molar-refractivity contribution in [2.24, 2.45) is 0 Å². The van der Waals surface area contributed by atoms with Crippen LogP contribution >= 0.6 is 22.6 Å². The molecule has 1 N–H and O–H groups in total. The zero-order chi connectivity index (χ0) is 15.6. The van der Waals surface area contributed by atoms with Crippen molar-refractivity contribution >= 4 is 45.3 Å². The molecular formula is C17H11IN4O. The molecule has 23 heavy (non-hydrogen) atoms. The van der Waals surface area contributed by atoms with Crippen molar-refractivity contribution in [3.05, 3.63) is 64.5 Å². The molecule has 4 aromatic rings. The van der Waals surface area contributed by atoms with E-state index in [4.69, 9.17) is 4.42 Å². The van der Waals surface area contributed by atoms with E-state index in [9.17, 15) is 0 Å². The maximum atomic E-state index is 5.72. The van der Waals surface area contributed by atoms with Crippen LogP contribution in [-0.2, 0) is 0 Å². The lowest BCUT2D eigenvalue weighted by Gasteiger charge is -2.06. The van der Waals surface area contributed by atoms with E-state index in [0.717, 1.165) is 25.9 Å². The first-order valence-electron chi connectivity index (χ1n) is 6.99. The Kier molecular flexibility index (Phi) is 3.66. The monoisotopic (exact) mass is 414 g/mol. The minimum atomic E-state index is 0.520. The standard InChI is InChI=1S/C17H11IN4O/c18-12-5-1-2-6-13(12)22-17-19-9-11(10-20-17)16-21-14-7-3-4-8-15(14)23-16/h1-10H,(H,19,20,22). The number of para-hydroxylation sites is 3. The third-order valence-electron chi connectivity index (χ3n) is 3.31. The molecule has 0 radical (unpaired) electrons. The van der Waals surface area contributed by atoms with Crippen LogP contribution < -0.4 is 5.32 Å². The molecule has 2 aromatic heterocycles. The quantitative estimate of drug-likeness (QED) is 0.496. The first-order valence-corrected chi connectivity index (χ1v) is 8.07. The number of nitrogens with zero attached hydrogens (tertiary/aromatic N) is 3. The molecule has 0 saturated heterocycles. The molecule has 5 nitrogen and oxygen atoms in total. The minimum Gasteiger partial charge on any atom is -0.436 e. The number of halogens is 1. The molecule has 4 rings (SSSR count). The Labute approximate surface area is 145 Å². The van der Waals surface area contributed by atoms with Gasteiger partial charge in [0.05, 0.1) is 11.3 Å². The van der Waals surface area contributed by atoms with E-state index in [1.807, 2.05) is 48.5 Å². The first kappa shape index (κ1) is 14.1. The largest absolute Gasteiger partial charge is 0.436 e. The fraction of sp³-hybridized carbons (Fsp3) is 0. The van der Waals surface area contributed by atoms with Gasteiger partial charge in [0, 0.05) is 16.0 Å². The highest BCUT2D eigenvalue weighted by Crippen LogP contribution is 2.24. The van der Waals surface area contributed by atoms with Gasteiger partial charge in [0.25, 0.3) is 0 Å². The number of fused-ring (bicyclic) bond motifs is 1. The van der Waals surface area contributed by atoms with Crippen LogP contribution in [0.25, 0.3) is 22.6 Å². The molecule has 0 unspecified atom stereocenters. The molecule has 0 bridgehead atoms. The number of nitrogens with one attached hydrogen (secondary N) is 1. The molecule has 0 saturated carbocycles. The van der Waals surface area contributed by atoms with E-state index < -0.39 is 0 Å². The summed E-state index contributed by atoms with van der Waals surface area (Å²) in [5.74, 6) is 1.06. The number of aromatic nitrogens is 3. The van der Waals surface area contributed by atoms with Crippen molar-refractivity contribution in [2.45, 2.75) is 0 Å². The minimum absolute atomic E-state index is 0.520. The lowest BCUT2D eigenvalue weighted by atomic mass is 10.3. The highest BCUT2D eigenvalue weighted by Gasteiger charge is 2.09. The normalized spacial score (nSPS) is 10.8. The van der Waals surface area contributed by atoms with Crippen LogP contribution in [0.5, 0.6) is 0 Å². The molecule has 2 heterocycles. The molecule has 0 aliphatic rings. The van der Waals surface area contributed by atoms with Crippen molar-refractivity contribution in [3.8, 4) is 11.5 Å². The predicted octanol–water partition coefficient (Wildman–Crippen LogP) is 4.63. The summed E-state index contributed by atoms with van der Waals surface area (Å²) in [6.45, 7) is 0. The maximum Gasteiger partial charge on any atom is 0.230 e. The zero-order valence-electron chi connectivity index (χ0n) is 11.9. The van der Waals surface area contributed by atoms with Crippen LogP contribution in [0.3, 0.4) is 0 Å². The van der Waals surface area contributed by atoms with Gasteiger partial charge in [-0.15, -0.1) is 0 Å². The zero-order valence-corrected chi connectivity index (χ0v) is 14.1. The molecule has 0 amide bonds. The molecule has 2 aromatic carbocycles. The van der Waals surface area contributed by atoms with Crippen molar-refractivity contribution < 1.29 is 4.42 Å². The van der Waals surface area contributed by atoms with Gasteiger partial charge < -0.3 is 9.73 Å². The van der Waals surface area contributed by atoms with Crippen molar-refractivity contribution in [1.82, 2.24) is 15.0 Å². The van der Waals surface area contributed by atoms with Crippen LogP contribution in [0.1, 0.15) is 0 Å². The Hall–Kier alpha value is -2.48. The summed E-state index contributed by atoms with van der Waals surface area (Å²) in [4.78, 5) is 13.1. The van der Waals surface area contributed by atoms with E-state index in [2.05, 4.69) is 42.9 Å². The average Bonchev–Trinajstić information content (AvgIpc) is 3.02. The van der Waals surface area contributed by atoms with Crippen LogP contribution in [0.2, 0.25) is 0 Å². The highest BCUT2D eigenvalue weighted by atomic mass is 127. The lowest BCUT2D eigenvalue weighted by molar-refractivity contribution is 0.619. The van der Waals surface area contributed by atoms with E-state index in [0.29, 0.717) is 11.8 Å². The Morgan fingerprint density at radius 3 is 2.43 bits per heavy atom. The summed E-state index contributed by atoms with van der Waals surface area (Å²) in [6, 6.07) is 15.6. The van der Waals surface area contributed by atoms with E-state index in [-0.39, 0.29) is 0 Å². The number of oxazole rings is 1. The van der Waals surface area contributed by atoms with Gasteiger partial charge in [-0.2, -0.15) is 0 Å². The smallest absolute Gasteiger partial charge is 0.230 e. The third kappa shape index (κ3) is 2.89. The van der Waals surface area contributed by atoms with Gasteiger partial charge in [0.1, 0.15) is 5.52 Å². The van der Waals surface area contributed by atoms with E-state index in [1.54, 1.807) is 12.4 Å². The third-order valence-corrected chi connectivity index (χ3v) is 4.25. The second-order valence-electron chi connectivity index (χ2n) is 4.89. The summed E-state index contributed by atoms with van der Waals surface area (Å²) in [7, 11) is 0. The molecule has 0 atom stereocenters. The first-order chi connectivity index (χ1) is 11.3. The fourth-order valence-corrected chi connectivity index (χ4v) is 2.70. The molecule has 0 spiro atoms. The van der Waals surface area contributed by atoms with Gasteiger partial charge >= 0.3 is 0 Å². The number of anilines is 2. The Morgan fingerprint density at radius 1 is 0.913 bits per heavy atom. The maximum absolute atomic E-state index is 5.72. The molecule has 112 valence electrons. The SMILES string of the molecule is Ic1ccccc1Nc1ncc(-c2nc3ccccc3o2)cn1. The van der Waals surface area contributed by atoms with Gasteiger partial charge in [0.2, 0.25) is 11.8 Å². The topological polar surface area (TPSA) is 63.8 Å². The summed E-state index contributed by atoms with van der Waals surface area (Å²) < 4.78 is 6.83. The molecule has 6 heteroatoms. The van der Waals surface area contributed by atoms with Gasteiger partial charge in [-0.3, -0.25) is 0 Å². The molecule has 0 aliphatic carbocycles. The van der Waals surface area contributed by atoms with E-state index in [1.165, 1.54) is 0 Å². The second-order valence-corrected chi connectivity index (χ2v) is 6.05. The van der Waals surface area contributed by atoms with Gasteiger partial charge in [-0.05, 0) is 46.9 Å². The molecule has 0 fully saturated rings. The summed E-state index contributed by atoms with van der Waals surface area (Å²) in [5.41, 5.74) is 3.30. The van der Waals surface area contributed by atoms with Crippen LogP contribution in [0, 0.1) is 3.57 Å². The van der Waals surface area contributed by atoms with Crippen molar-refractivity contribution in [3.63, 3.8) is 0 Å². The lowest BCUT2D eigenvalue weighted by Crippen LogP contribution is -1.98. The van der Waals surface area contributed by atoms with E-state index >= 15 is 0 Å². The summed E-state index contributed by atoms with van der Waals surface area (Å²) >= 11 is 2.27. The van der Waals surface area contributed by atoms with Gasteiger partial charge in [0.15, 0.2) is 5.58 Å². The Bertz CT molecular complexity index is 933. The second kappa shape index (κ2) is 5.96. The fourth-order valence-electron chi connectivity index (χ4n) is 2.18. The van der Waals surface area contributed by atoms with Crippen molar-refractivity contribution in [1.29, 1.82) is 0 Å².